The molecule has 0 saturated heterocycles. The van der Waals surface area contributed by atoms with Crippen LogP contribution in [0.1, 0.15) is 17.5 Å². The van der Waals surface area contributed by atoms with Crippen molar-refractivity contribution in [3.8, 4) is 11.5 Å². The quantitative estimate of drug-likeness (QED) is 0.247. The minimum atomic E-state index is 0. The minimum absolute atomic E-state index is 0. The van der Waals surface area contributed by atoms with E-state index in [-0.39, 0.29) is 24.0 Å². The molecule has 0 spiro atoms. The normalized spacial score (nSPS) is 12.3. The number of ether oxygens (including phenoxy) is 2. The second-order valence-corrected chi connectivity index (χ2v) is 7.03. The molecular weight excluding hydrogens is 479 g/mol. The Morgan fingerprint density at radius 3 is 2.34 bits per heavy atom. The molecule has 6 nitrogen and oxygen atoms in total. The van der Waals surface area contributed by atoms with Crippen molar-refractivity contribution >= 4 is 35.6 Å². The van der Waals surface area contributed by atoms with Gasteiger partial charge in [-0.25, -0.2) is 0 Å². The van der Waals surface area contributed by atoms with Crippen LogP contribution in [0, 0.1) is 0 Å². The van der Waals surface area contributed by atoms with Crippen molar-refractivity contribution in [2.75, 3.05) is 45.9 Å². The third-order valence-electron chi connectivity index (χ3n) is 4.75. The van der Waals surface area contributed by atoms with E-state index < -0.39 is 0 Å². The lowest BCUT2D eigenvalue weighted by Gasteiger charge is -2.13. The monoisotopic (exact) mass is 510 g/mol. The fourth-order valence-electron chi connectivity index (χ4n) is 3.10. The number of guanidine groups is 1. The molecule has 1 heterocycles. The number of hydrogen-bond acceptors (Lipinski definition) is 4. The van der Waals surface area contributed by atoms with Gasteiger partial charge in [-0.1, -0.05) is 18.2 Å². The summed E-state index contributed by atoms with van der Waals surface area (Å²) in [6.45, 7) is 2.01. The number of halogens is 1. The van der Waals surface area contributed by atoms with Crippen molar-refractivity contribution in [3.63, 3.8) is 0 Å². The van der Waals surface area contributed by atoms with Gasteiger partial charge in [0.2, 0.25) is 6.79 Å². The first kappa shape index (κ1) is 23.1. The number of hydrogen-bond donors (Lipinski definition) is 2. The maximum absolute atomic E-state index is 5.43. The second-order valence-electron chi connectivity index (χ2n) is 7.03. The third kappa shape index (κ3) is 6.99. The van der Waals surface area contributed by atoms with Gasteiger partial charge in [-0.2, -0.15) is 0 Å². The first-order valence-corrected chi connectivity index (χ1v) is 9.75. The van der Waals surface area contributed by atoms with Gasteiger partial charge >= 0.3 is 0 Å². The van der Waals surface area contributed by atoms with Crippen molar-refractivity contribution in [2.24, 2.45) is 4.99 Å². The Bertz CT molecular complexity index is 794. The van der Waals surface area contributed by atoms with E-state index in [1.54, 1.807) is 7.05 Å². The maximum atomic E-state index is 5.43. The molecule has 0 amide bonds. The predicted molar refractivity (Wildman–Crippen MR) is 130 cm³/mol. The average molecular weight is 510 g/mol. The average Bonchev–Trinajstić information content (AvgIpc) is 3.18. The molecule has 0 unspecified atom stereocenters. The van der Waals surface area contributed by atoms with Gasteiger partial charge in [-0.05, 0) is 54.7 Å². The van der Waals surface area contributed by atoms with Gasteiger partial charge in [-0.3, -0.25) is 4.99 Å². The number of benzene rings is 2. The Morgan fingerprint density at radius 2 is 1.62 bits per heavy atom. The Kier molecular flexibility index (Phi) is 9.37. The number of aliphatic imine (C=N–C) groups is 1. The van der Waals surface area contributed by atoms with Crippen LogP contribution in [0.5, 0.6) is 11.5 Å². The molecule has 3 rings (SSSR count). The molecule has 2 aromatic carbocycles. The lowest BCUT2D eigenvalue weighted by atomic mass is 10.1. The van der Waals surface area contributed by atoms with Crippen LogP contribution in [0.2, 0.25) is 0 Å². The number of fused-ring (bicyclic) bond motifs is 1. The highest BCUT2D eigenvalue weighted by Gasteiger charge is 2.12. The highest BCUT2D eigenvalue weighted by molar-refractivity contribution is 14.0. The van der Waals surface area contributed by atoms with Crippen molar-refractivity contribution in [1.29, 1.82) is 0 Å². The van der Waals surface area contributed by atoms with Gasteiger partial charge in [0.15, 0.2) is 17.5 Å². The zero-order valence-corrected chi connectivity index (χ0v) is 19.7. The SMILES string of the molecule is CN=C(NCCCc1ccc(N(C)C)cc1)NCCc1ccc2c(c1)OCO2.I. The summed E-state index contributed by atoms with van der Waals surface area (Å²) in [6.07, 6.45) is 3.01. The summed E-state index contributed by atoms with van der Waals surface area (Å²) in [7, 11) is 5.92. The summed E-state index contributed by atoms with van der Waals surface area (Å²) < 4.78 is 10.8. The summed E-state index contributed by atoms with van der Waals surface area (Å²) in [6, 6.07) is 14.8. The number of anilines is 1. The number of nitrogens with zero attached hydrogens (tertiary/aromatic N) is 2. The van der Waals surface area contributed by atoms with Crippen LogP contribution in [0.25, 0.3) is 0 Å². The third-order valence-corrected chi connectivity index (χ3v) is 4.75. The van der Waals surface area contributed by atoms with Crippen molar-refractivity contribution < 1.29 is 9.47 Å². The highest BCUT2D eigenvalue weighted by Crippen LogP contribution is 2.32. The first-order chi connectivity index (χ1) is 13.7. The van der Waals surface area contributed by atoms with Gasteiger partial charge in [0.25, 0.3) is 0 Å². The Hall–Kier alpha value is -2.16. The number of rotatable bonds is 8. The van der Waals surface area contributed by atoms with E-state index >= 15 is 0 Å². The molecule has 0 bridgehead atoms. The van der Waals surface area contributed by atoms with Gasteiger partial charge in [0.1, 0.15) is 0 Å². The molecule has 158 valence electrons. The van der Waals surface area contributed by atoms with E-state index in [1.165, 1.54) is 16.8 Å². The largest absolute Gasteiger partial charge is 0.454 e. The van der Waals surface area contributed by atoms with Crippen LogP contribution in [-0.2, 0) is 12.8 Å². The van der Waals surface area contributed by atoms with Crippen LogP contribution in [0.15, 0.2) is 47.5 Å². The fourth-order valence-corrected chi connectivity index (χ4v) is 3.10. The van der Waals surface area contributed by atoms with Gasteiger partial charge in [0, 0.05) is 39.9 Å². The van der Waals surface area contributed by atoms with Crippen molar-refractivity contribution in [2.45, 2.75) is 19.3 Å². The second kappa shape index (κ2) is 11.7. The Balaban J connectivity index is 0.00000300. The highest BCUT2D eigenvalue weighted by atomic mass is 127. The predicted octanol–water partition coefficient (Wildman–Crippen LogP) is 3.44. The molecule has 0 saturated carbocycles. The molecular formula is C22H31IN4O2. The summed E-state index contributed by atoms with van der Waals surface area (Å²) in [5.41, 5.74) is 3.81. The summed E-state index contributed by atoms with van der Waals surface area (Å²) in [5.74, 6) is 2.49. The van der Waals surface area contributed by atoms with Crippen LogP contribution in [-0.4, -0.2) is 47.0 Å². The summed E-state index contributed by atoms with van der Waals surface area (Å²) in [5, 5.41) is 6.75. The standard InChI is InChI=1S/C22H30N4O2.HI/c1-23-22(24-13-4-5-17-6-9-19(10-7-17)26(2)3)25-14-12-18-8-11-20-21(15-18)28-16-27-20;/h6-11,15H,4-5,12-14,16H2,1-3H3,(H2,23,24,25);1H. The Morgan fingerprint density at radius 1 is 0.931 bits per heavy atom. The summed E-state index contributed by atoms with van der Waals surface area (Å²) >= 11 is 0. The molecule has 2 aromatic rings. The maximum Gasteiger partial charge on any atom is 0.231 e. The van der Waals surface area contributed by atoms with Crippen LogP contribution in [0.4, 0.5) is 5.69 Å². The zero-order chi connectivity index (χ0) is 19.8. The molecule has 2 N–H and O–H groups in total. The zero-order valence-electron chi connectivity index (χ0n) is 17.4. The topological polar surface area (TPSA) is 58.1 Å². The van der Waals surface area contributed by atoms with Crippen LogP contribution >= 0.6 is 24.0 Å². The van der Waals surface area contributed by atoms with Crippen LogP contribution in [0.3, 0.4) is 0 Å². The number of aryl methyl sites for hydroxylation is 1. The minimum Gasteiger partial charge on any atom is -0.454 e. The van der Waals surface area contributed by atoms with Crippen molar-refractivity contribution in [3.05, 3.63) is 53.6 Å². The molecule has 7 heteroatoms. The molecule has 0 radical (unpaired) electrons. The molecule has 0 atom stereocenters. The Labute approximate surface area is 190 Å². The lowest BCUT2D eigenvalue weighted by molar-refractivity contribution is 0.174. The first-order valence-electron chi connectivity index (χ1n) is 9.75. The van der Waals surface area contributed by atoms with Crippen LogP contribution < -0.4 is 25.0 Å². The van der Waals surface area contributed by atoms with Gasteiger partial charge < -0.3 is 25.0 Å². The molecule has 1 aliphatic rings. The molecule has 0 aromatic heterocycles. The number of nitrogens with one attached hydrogen (secondary N) is 2. The molecule has 0 aliphatic carbocycles. The van der Waals surface area contributed by atoms with Crippen molar-refractivity contribution in [1.82, 2.24) is 10.6 Å². The molecule has 29 heavy (non-hydrogen) atoms. The lowest BCUT2D eigenvalue weighted by Crippen LogP contribution is -2.38. The smallest absolute Gasteiger partial charge is 0.231 e. The van der Waals surface area contributed by atoms with E-state index in [2.05, 4.69) is 65.0 Å². The van der Waals surface area contributed by atoms with Gasteiger partial charge in [-0.15, -0.1) is 24.0 Å². The van der Waals surface area contributed by atoms with E-state index in [1.807, 2.05) is 12.1 Å². The van der Waals surface area contributed by atoms with E-state index in [0.29, 0.717) is 6.79 Å². The summed E-state index contributed by atoms with van der Waals surface area (Å²) in [4.78, 5) is 6.41. The van der Waals surface area contributed by atoms with E-state index in [4.69, 9.17) is 9.47 Å². The molecule has 1 aliphatic heterocycles. The van der Waals surface area contributed by atoms with E-state index in [0.717, 1.165) is 49.8 Å². The van der Waals surface area contributed by atoms with E-state index in [9.17, 15) is 0 Å². The molecule has 0 fully saturated rings. The van der Waals surface area contributed by atoms with Gasteiger partial charge in [0.05, 0.1) is 0 Å². The fraction of sp³-hybridized carbons (Fsp3) is 0.409.